The normalized spacial score (nSPS) is 16.1. The van der Waals surface area contributed by atoms with E-state index in [2.05, 4.69) is 10.6 Å². The van der Waals surface area contributed by atoms with Gasteiger partial charge in [-0.05, 0) is 73.5 Å². The molecular formula is C24H23F3N2O4S. The maximum absolute atomic E-state index is 13.0. The van der Waals surface area contributed by atoms with Crippen LogP contribution < -0.4 is 14.8 Å². The Morgan fingerprint density at radius 3 is 2.56 bits per heavy atom. The van der Waals surface area contributed by atoms with Crippen molar-refractivity contribution < 1.29 is 30.9 Å². The maximum Gasteiger partial charge on any atom is 0.416 e. The Kier molecular flexibility index (Phi) is 6.46. The standard InChI is InChI=1S/C24H23F3N2O4S/c1-15-5-7-19(8-6-15)34(31,32)33-23-11-16-9-10-28-21(20(16)13-22(23)30)14-29-18-4-2-3-17(12-18)24(25,26)27/h2-8,11-13,21,28-30H,9-10,14H2,1H3. The second-order valence-electron chi connectivity index (χ2n) is 8.09. The molecule has 0 saturated heterocycles. The fourth-order valence-electron chi connectivity index (χ4n) is 3.80. The number of aromatic hydroxyl groups is 1. The van der Waals surface area contributed by atoms with Gasteiger partial charge < -0.3 is 19.9 Å². The number of alkyl halides is 3. The van der Waals surface area contributed by atoms with Crippen LogP contribution in [0.2, 0.25) is 0 Å². The van der Waals surface area contributed by atoms with Gasteiger partial charge >= 0.3 is 16.3 Å². The Labute approximate surface area is 195 Å². The predicted molar refractivity (Wildman–Crippen MR) is 121 cm³/mol. The summed E-state index contributed by atoms with van der Waals surface area (Å²) in [5, 5.41) is 16.7. The van der Waals surface area contributed by atoms with E-state index in [4.69, 9.17) is 4.18 Å². The van der Waals surface area contributed by atoms with Crippen molar-refractivity contribution in [2.75, 3.05) is 18.4 Å². The number of phenols is 1. The third kappa shape index (κ3) is 5.28. The van der Waals surface area contributed by atoms with Crippen LogP contribution in [-0.4, -0.2) is 26.6 Å². The predicted octanol–water partition coefficient (Wildman–Crippen LogP) is 4.79. The van der Waals surface area contributed by atoms with Gasteiger partial charge in [0, 0.05) is 18.3 Å². The quantitative estimate of drug-likeness (QED) is 0.429. The smallest absolute Gasteiger partial charge is 0.416 e. The number of hydrogen-bond donors (Lipinski definition) is 3. The molecule has 10 heteroatoms. The van der Waals surface area contributed by atoms with Gasteiger partial charge in [-0.25, -0.2) is 0 Å². The molecule has 3 aromatic rings. The molecule has 1 unspecified atom stereocenters. The van der Waals surface area contributed by atoms with Crippen LogP contribution in [0.1, 0.15) is 28.3 Å². The molecule has 0 bridgehead atoms. The van der Waals surface area contributed by atoms with Gasteiger partial charge in [-0.15, -0.1) is 0 Å². The van der Waals surface area contributed by atoms with Crippen LogP contribution in [0.15, 0.2) is 65.6 Å². The number of fused-ring (bicyclic) bond motifs is 1. The lowest BCUT2D eigenvalue weighted by atomic mass is 9.93. The van der Waals surface area contributed by atoms with Crippen molar-refractivity contribution in [3.63, 3.8) is 0 Å². The first-order chi connectivity index (χ1) is 16.0. The Balaban J connectivity index is 1.53. The molecule has 180 valence electrons. The molecule has 1 aliphatic rings. The zero-order valence-electron chi connectivity index (χ0n) is 18.2. The highest BCUT2D eigenvalue weighted by atomic mass is 32.2. The first-order valence-corrected chi connectivity index (χ1v) is 12.0. The van der Waals surface area contributed by atoms with E-state index in [1.807, 2.05) is 6.92 Å². The number of hydrogen-bond acceptors (Lipinski definition) is 6. The fourth-order valence-corrected chi connectivity index (χ4v) is 4.74. The van der Waals surface area contributed by atoms with Crippen LogP contribution >= 0.6 is 0 Å². The molecule has 4 rings (SSSR count). The molecule has 0 aromatic heterocycles. The molecule has 0 saturated carbocycles. The highest BCUT2D eigenvalue weighted by Gasteiger charge is 2.30. The van der Waals surface area contributed by atoms with E-state index < -0.39 is 21.9 Å². The van der Waals surface area contributed by atoms with E-state index >= 15 is 0 Å². The van der Waals surface area contributed by atoms with Crippen molar-refractivity contribution in [2.45, 2.75) is 30.5 Å². The summed E-state index contributed by atoms with van der Waals surface area (Å²) < 4.78 is 69.3. The van der Waals surface area contributed by atoms with Gasteiger partial charge in [0.15, 0.2) is 11.5 Å². The molecular weight excluding hydrogens is 469 g/mol. The maximum atomic E-state index is 13.0. The summed E-state index contributed by atoms with van der Waals surface area (Å²) in [5.41, 5.74) is 1.96. The van der Waals surface area contributed by atoms with Crippen LogP contribution in [0, 0.1) is 6.92 Å². The summed E-state index contributed by atoms with van der Waals surface area (Å²) in [5.74, 6) is -0.520. The van der Waals surface area contributed by atoms with Crippen molar-refractivity contribution in [1.29, 1.82) is 0 Å². The molecule has 0 spiro atoms. The van der Waals surface area contributed by atoms with Crippen LogP contribution in [0.3, 0.4) is 0 Å². The molecule has 0 fully saturated rings. The minimum absolute atomic E-state index is 0.0277. The Bertz CT molecular complexity index is 1290. The van der Waals surface area contributed by atoms with E-state index in [-0.39, 0.29) is 29.0 Å². The second-order valence-corrected chi connectivity index (χ2v) is 9.63. The first kappa shape index (κ1) is 23.9. The van der Waals surface area contributed by atoms with Gasteiger partial charge in [-0.2, -0.15) is 21.6 Å². The topological polar surface area (TPSA) is 87.7 Å². The van der Waals surface area contributed by atoms with Gasteiger partial charge in [0.25, 0.3) is 0 Å². The van der Waals surface area contributed by atoms with E-state index in [1.165, 1.54) is 30.3 Å². The molecule has 1 aliphatic heterocycles. The van der Waals surface area contributed by atoms with Crippen molar-refractivity contribution in [3.05, 3.63) is 82.9 Å². The summed E-state index contributed by atoms with van der Waals surface area (Å²) in [6.07, 6.45) is -3.87. The van der Waals surface area contributed by atoms with Gasteiger partial charge in [-0.1, -0.05) is 23.8 Å². The van der Waals surface area contributed by atoms with Gasteiger partial charge in [0.05, 0.1) is 5.56 Å². The third-order valence-corrected chi connectivity index (χ3v) is 6.84. The molecule has 0 amide bonds. The zero-order valence-corrected chi connectivity index (χ0v) is 19.0. The monoisotopic (exact) mass is 492 g/mol. The lowest BCUT2D eigenvalue weighted by molar-refractivity contribution is -0.137. The summed E-state index contributed by atoms with van der Waals surface area (Å²) >= 11 is 0. The number of phenolic OH excluding ortho intramolecular Hbond substituents is 1. The summed E-state index contributed by atoms with van der Waals surface area (Å²) in [6, 6.07) is 13.7. The number of halogens is 3. The molecule has 34 heavy (non-hydrogen) atoms. The van der Waals surface area contributed by atoms with Crippen molar-refractivity contribution in [2.24, 2.45) is 0 Å². The Hall–Kier alpha value is -3.24. The van der Waals surface area contributed by atoms with E-state index in [0.29, 0.717) is 24.2 Å². The molecule has 6 nitrogen and oxygen atoms in total. The minimum atomic E-state index is -4.44. The third-order valence-electron chi connectivity index (χ3n) is 5.59. The van der Waals surface area contributed by atoms with Gasteiger partial charge in [-0.3, -0.25) is 0 Å². The molecule has 1 atom stereocenters. The summed E-state index contributed by atoms with van der Waals surface area (Å²) in [4.78, 5) is -0.0277. The SMILES string of the molecule is Cc1ccc(S(=O)(=O)Oc2cc3c(cc2O)C(CNc2cccc(C(F)(F)F)c2)NCC3)cc1. The number of nitrogens with one attached hydrogen (secondary N) is 2. The first-order valence-electron chi connectivity index (χ1n) is 10.5. The number of rotatable bonds is 6. The zero-order chi connectivity index (χ0) is 24.5. The lowest BCUT2D eigenvalue weighted by Gasteiger charge is -2.28. The van der Waals surface area contributed by atoms with E-state index in [0.717, 1.165) is 23.3 Å². The summed E-state index contributed by atoms with van der Waals surface area (Å²) in [6.45, 7) is 2.66. The van der Waals surface area contributed by atoms with Crippen LogP contribution in [0.25, 0.3) is 0 Å². The van der Waals surface area contributed by atoms with Crippen LogP contribution in [0.5, 0.6) is 11.5 Å². The summed E-state index contributed by atoms with van der Waals surface area (Å²) in [7, 11) is -4.13. The van der Waals surface area contributed by atoms with Crippen LogP contribution in [0.4, 0.5) is 18.9 Å². The van der Waals surface area contributed by atoms with Crippen molar-refractivity contribution in [3.8, 4) is 11.5 Å². The lowest BCUT2D eigenvalue weighted by Crippen LogP contribution is -2.34. The largest absolute Gasteiger partial charge is 0.504 e. The van der Waals surface area contributed by atoms with E-state index in [1.54, 1.807) is 18.2 Å². The number of benzene rings is 3. The number of aryl methyl sites for hydroxylation is 1. The molecule has 3 N–H and O–H groups in total. The van der Waals surface area contributed by atoms with Crippen molar-refractivity contribution >= 4 is 15.8 Å². The highest BCUT2D eigenvalue weighted by Crippen LogP contribution is 2.36. The van der Waals surface area contributed by atoms with E-state index in [9.17, 15) is 26.7 Å². The Morgan fingerprint density at radius 1 is 1.12 bits per heavy atom. The minimum Gasteiger partial charge on any atom is -0.504 e. The Morgan fingerprint density at radius 2 is 1.85 bits per heavy atom. The van der Waals surface area contributed by atoms with Crippen LogP contribution in [-0.2, 0) is 22.7 Å². The highest BCUT2D eigenvalue weighted by molar-refractivity contribution is 7.87. The molecule has 0 aliphatic carbocycles. The molecule has 0 radical (unpaired) electrons. The average molecular weight is 493 g/mol. The average Bonchev–Trinajstić information content (AvgIpc) is 2.78. The van der Waals surface area contributed by atoms with Crippen molar-refractivity contribution in [1.82, 2.24) is 5.32 Å². The molecule has 3 aromatic carbocycles. The van der Waals surface area contributed by atoms with Gasteiger partial charge in [0.2, 0.25) is 0 Å². The molecule has 1 heterocycles. The number of anilines is 1. The second kappa shape index (κ2) is 9.19. The van der Waals surface area contributed by atoms with Gasteiger partial charge in [0.1, 0.15) is 4.90 Å². The fraction of sp³-hybridized carbons (Fsp3) is 0.250.